The minimum Gasteiger partial charge on any atom is -0.261 e. The summed E-state index contributed by atoms with van der Waals surface area (Å²) in [6.45, 7) is 0. The highest BCUT2D eigenvalue weighted by molar-refractivity contribution is 6.36. The molecule has 0 aromatic heterocycles. The summed E-state index contributed by atoms with van der Waals surface area (Å²) >= 11 is 0. The van der Waals surface area contributed by atoms with Crippen molar-refractivity contribution in [2.45, 2.75) is 0 Å². The number of hydrogen-bond donors (Lipinski definition) is 1. The van der Waals surface area contributed by atoms with Crippen molar-refractivity contribution in [3.8, 4) is 0 Å². The molecule has 1 aliphatic heterocycles. The molecule has 0 saturated carbocycles. The van der Waals surface area contributed by atoms with Gasteiger partial charge in [-0.1, -0.05) is 71.0 Å². The molecule has 5 nitrogen and oxygen atoms in total. The van der Waals surface area contributed by atoms with Crippen LogP contribution in [-0.2, 0) is 9.59 Å². The van der Waals surface area contributed by atoms with E-state index in [1.165, 1.54) is 32.3 Å². The Morgan fingerprint density at radius 3 is 1.35 bits per heavy atom. The molecule has 4 aromatic rings. The van der Waals surface area contributed by atoms with Crippen molar-refractivity contribution in [2.75, 3.05) is 0 Å². The quantitative estimate of drug-likeness (QED) is 0.398. The fourth-order valence-electron chi connectivity index (χ4n) is 2.88. The lowest BCUT2D eigenvalue weighted by atomic mass is 9.95. The number of amides is 2. The van der Waals surface area contributed by atoms with Crippen LogP contribution in [0.5, 0.6) is 0 Å². The Bertz CT molecular complexity index is 956. The molecule has 5 heteroatoms. The molecule has 0 aliphatic carbocycles. The van der Waals surface area contributed by atoms with Crippen LogP contribution >= 0.6 is 0 Å². The van der Waals surface area contributed by atoms with E-state index < -0.39 is 11.8 Å². The van der Waals surface area contributed by atoms with Crippen LogP contribution in [0.25, 0.3) is 32.3 Å². The molecule has 4 aromatic carbocycles. The molecule has 0 fully saturated rings. The molecule has 0 spiro atoms. The van der Waals surface area contributed by atoms with Gasteiger partial charge in [-0.2, -0.15) is 0 Å². The van der Waals surface area contributed by atoms with Crippen molar-refractivity contribution in [1.82, 2.24) is 5.43 Å². The van der Waals surface area contributed by atoms with E-state index in [0.717, 1.165) is 0 Å². The Morgan fingerprint density at radius 1 is 0.652 bits per heavy atom. The Hall–Kier alpha value is -3.34. The van der Waals surface area contributed by atoms with Crippen molar-refractivity contribution in [3.05, 3.63) is 60.7 Å². The summed E-state index contributed by atoms with van der Waals surface area (Å²) in [5, 5.41) is 13.9. The van der Waals surface area contributed by atoms with Crippen LogP contribution in [0.4, 0.5) is 0 Å². The lowest BCUT2D eigenvalue weighted by Crippen LogP contribution is -2.17. The van der Waals surface area contributed by atoms with Gasteiger partial charge in [0.05, 0.1) is 0 Å². The average Bonchev–Trinajstić information content (AvgIpc) is 2.97. The van der Waals surface area contributed by atoms with Gasteiger partial charge in [0.15, 0.2) is 0 Å². The molecule has 5 rings (SSSR count). The Balaban J connectivity index is 0.000000164. The summed E-state index contributed by atoms with van der Waals surface area (Å²) in [6, 6.07) is 21.9. The van der Waals surface area contributed by atoms with Crippen LogP contribution in [0, 0.1) is 0 Å². The van der Waals surface area contributed by atoms with Crippen LogP contribution < -0.4 is 5.43 Å². The summed E-state index contributed by atoms with van der Waals surface area (Å²) < 4.78 is 0. The number of nitrogens with one attached hydrogen (secondary N) is 1. The molecule has 0 bridgehead atoms. The average molecular weight is 301 g/mol. The van der Waals surface area contributed by atoms with Gasteiger partial charge in [-0.05, 0) is 32.3 Å². The third kappa shape index (κ3) is 2.19. The summed E-state index contributed by atoms with van der Waals surface area (Å²) in [5.74, 6) is -1.60. The lowest BCUT2D eigenvalue weighted by Gasteiger charge is -2.09. The lowest BCUT2D eigenvalue weighted by molar-refractivity contribution is -0.135. The van der Waals surface area contributed by atoms with E-state index in [1.54, 1.807) is 0 Å². The fraction of sp³-hybridized carbons (Fsp3) is 0. The fourth-order valence-corrected chi connectivity index (χ4v) is 2.88. The van der Waals surface area contributed by atoms with Gasteiger partial charge in [0.25, 0.3) is 0 Å². The standard InChI is InChI=1S/C16H10.C2HN3O2/c1-3-11-7-9-13-5-2-6-14-10-8-12(4-1)15(11)16(13)14;6-1-2(7)4-5-3-1/h1-10H;(H,3,4,6,7). The summed E-state index contributed by atoms with van der Waals surface area (Å²) in [7, 11) is 0. The monoisotopic (exact) mass is 301 g/mol. The minimum atomic E-state index is -0.833. The zero-order valence-corrected chi connectivity index (χ0v) is 12.0. The van der Waals surface area contributed by atoms with Gasteiger partial charge >= 0.3 is 11.8 Å². The van der Waals surface area contributed by atoms with E-state index >= 15 is 0 Å². The van der Waals surface area contributed by atoms with E-state index in [2.05, 4.69) is 71.0 Å². The predicted octanol–water partition coefficient (Wildman–Crippen LogP) is 3.59. The summed E-state index contributed by atoms with van der Waals surface area (Å²) in [6.07, 6.45) is 0. The third-order valence-corrected chi connectivity index (χ3v) is 3.88. The van der Waals surface area contributed by atoms with E-state index in [9.17, 15) is 9.59 Å². The summed E-state index contributed by atoms with van der Waals surface area (Å²) in [5.41, 5.74) is 1.84. The number of hydrogen-bond acceptors (Lipinski definition) is 3. The van der Waals surface area contributed by atoms with Gasteiger partial charge in [-0.15, -0.1) is 0 Å². The molecule has 0 atom stereocenters. The van der Waals surface area contributed by atoms with Gasteiger partial charge in [0.2, 0.25) is 0 Å². The summed E-state index contributed by atoms with van der Waals surface area (Å²) in [4.78, 5) is 19.8. The maximum atomic E-state index is 9.93. The van der Waals surface area contributed by atoms with Crippen LogP contribution in [-0.4, -0.2) is 11.8 Å². The first kappa shape index (κ1) is 13.3. The maximum absolute atomic E-state index is 9.93. The van der Waals surface area contributed by atoms with E-state index in [1.807, 2.05) is 5.43 Å². The molecule has 0 unspecified atom stereocenters. The largest absolute Gasteiger partial charge is 0.356 e. The van der Waals surface area contributed by atoms with Gasteiger partial charge in [0.1, 0.15) is 0 Å². The molecule has 1 N–H and O–H groups in total. The predicted molar refractivity (Wildman–Crippen MR) is 88.2 cm³/mol. The molecule has 2 amide bonds. The van der Waals surface area contributed by atoms with E-state index in [4.69, 9.17) is 0 Å². The highest BCUT2D eigenvalue weighted by atomic mass is 16.2. The Labute approximate surface area is 130 Å². The molecule has 1 aliphatic rings. The molecule has 110 valence electrons. The van der Waals surface area contributed by atoms with Crippen molar-refractivity contribution >= 4 is 44.1 Å². The number of rotatable bonds is 0. The van der Waals surface area contributed by atoms with Gasteiger partial charge in [-0.3, -0.25) is 9.59 Å². The van der Waals surface area contributed by atoms with Crippen molar-refractivity contribution < 1.29 is 9.59 Å². The van der Waals surface area contributed by atoms with Gasteiger partial charge < -0.3 is 0 Å². The number of benzene rings is 4. The Morgan fingerprint density at radius 2 is 1.09 bits per heavy atom. The van der Waals surface area contributed by atoms with Crippen LogP contribution in [0.3, 0.4) is 0 Å². The van der Waals surface area contributed by atoms with Gasteiger partial charge in [-0.25, -0.2) is 5.43 Å². The minimum absolute atomic E-state index is 0.764. The molecule has 1 heterocycles. The van der Waals surface area contributed by atoms with E-state index in [-0.39, 0.29) is 0 Å². The molecular weight excluding hydrogens is 290 g/mol. The molecule has 0 saturated heterocycles. The Kier molecular flexibility index (Phi) is 2.98. The van der Waals surface area contributed by atoms with Crippen LogP contribution in [0.2, 0.25) is 0 Å². The molecule has 0 radical (unpaired) electrons. The van der Waals surface area contributed by atoms with Gasteiger partial charge in [0, 0.05) is 0 Å². The number of carbonyl (C=O) groups excluding carboxylic acids is 2. The zero-order chi connectivity index (χ0) is 15.8. The maximum Gasteiger partial charge on any atom is 0.356 e. The smallest absolute Gasteiger partial charge is 0.261 e. The normalized spacial score (nSPS) is 13.6. The van der Waals surface area contributed by atoms with E-state index in [0.29, 0.717) is 0 Å². The molecular formula is C18H11N3O2. The number of carbonyl (C=O) groups is 2. The van der Waals surface area contributed by atoms with Crippen molar-refractivity contribution in [1.29, 1.82) is 0 Å². The van der Waals surface area contributed by atoms with Crippen LogP contribution in [0.15, 0.2) is 71.0 Å². The van der Waals surface area contributed by atoms with Crippen LogP contribution in [0.1, 0.15) is 0 Å². The highest BCUT2D eigenvalue weighted by Gasteiger charge is 2.16. The first-order valence-electron chi connectivity index (χ1n) is 7.11. The number of nitrogens with zero attached hydrogens (tertiary/aromatic N) is 2. The molecule has 23 heavy (non-hydrogen) atoms. The zero-order valence-electron chi connectivity index (χ0n) is 12.0. The first-order chi connectivity index (χ1) is 11.2. The topological polar surface area (TPSA) is 70.9 Å². The second-order valence-electron chi connectivity index (χ2n) is 5.24. The second kappa shape index (κ2) is 5.14. The van der Waals surface area contributed by atoms with Crippen molar-refractivity contribution in [2.24, 2.45) is 10.3 Å². The highest BCUT2D eigenvalue weighted by Crippen LogP contribution is 2.33. The first-order valence-corrected chi connectivity index (χ1v) is 7.11. The SMILES string of the molecule is O=C1N=NNC1=O.c1cc2ccc3cccc4ccc(c1)c2c34. The van der Waals surface area contributed by atoms with Crippen molar-refractivity contribution in [3.63, 3.8) is 0 Å². The third-order valence-electron chi connectivity index (χ3n) is 3.88. The second-order valence-corrected chi connectivity index (χ2v) is 5.24.